The minimum atomic E-state index is -0.957. The van der Waals surface area contributed by atoms with E-state index in [0.29, 0.717) is 13.0 Å². The highest BCUT2D eigenvalue weighted by atomic mass is 16.3. The molecule has 5 heteroatoms. The van der Waals surface area contributed by atoms with Crippen molar-refractivity contribution in [2.24, 2.45) is 0 Å². The molecule has 0 spiro atoms. The van der Waals surface area contributed by atoms with Crippen molar-refractivity contribution in [2.75, 3.05) is 13.1 Å². The summed E-state index contributed by atoms with van der Waals surface area (Å²) in [4.78, 5) is 6.22. The van der Waals surface area contributed by atoms with Gasteiger partial charge in [-0.3, -0.25) is 4.90 Å². The van der Waals surface area contributed by atoms with Crippen LogP contribution in [0.3, 0.4) is 0 Å². The molecule has 0 saturated carbocycles. The molecule has 1 aromatic heterocycles. The van der Waals surface area contributed by atoms with E-state index in [-0.39, 0.29) is 0 Å². The molecule has 0 bridgehead atoms. The Morgan fingerprint density at radius 1 is 1.33 bits per heavy atom. The van der Waals surface area contributed by atoms with Gasteiger partial charge < -0.3 is 14.8 Å². The first-order valence-corrected chi connectivity index (χ1v) is 7.25. The zero-order valence-electron chi connectivity index (χ0n) is 12.2. The third-order valence-electron chi connectivity index (χ3n) is 4.23. The fourth-order valence-electron chi connectivity index (χ4n) is 2.67. The van der Waals surface area contributed by atoms with Crippen LogP contribution in [0.15, 0.2) is 43.0 Å². The van der Waals surface area contributed by atoms with Crippen molar-refractivity contribution in [3.05, 3.63) is 48.5 Å². The highest BCUT2D eigenvalue weighted by Gasteiger charge is 2.36. The van der Waals surface area contributed by atoms with Gasteiger partial charge in [-0.05, 0) is 31.0 Å². The van der Waals surface area contributed by atoms with Gasteiger partial charge in [0.1, 0.15) is 0 Å². The molecule has 3 rings (SSSR count). The number of β-amino-alcohol motifs (C(OH)–C–C–N with tert-alkyl or cyclic N) is 1. The molecule has 0 unspecified atom stereocenters. The first-order valence-electron chi connectivity index (χ1n) is 7.25. The molecule has 1 fully saturated rings. The van der Waals surface area contributed by atoms with E-state index >= 15 is 0 Å². The van der Waals surface area contributed by atoms with Crippen LogP contribution in [0.25, 0.3) is 5.69 Å². The number of aromatic nitrogens is 2. The normalized spacial score (nSPS) is 26.9. The molecule has 2 N–H and O–H groups in total. The number of benzene rings is 1. The second-order valence-corrected chi connectivity index (χ2v) is 5.99. The standard InChI is InChI=1S/C16H21N3O2/c1-16(21)6-8-18(11-15(16)20)10-13-2-4-14(5-3-13)19-9-7-17-12-19/h2-5,7,9,12,15,20-21H,6,8,10-11H2,1H3/t15-,16-/m0/s1. The van der Waals surface area contributed by atoms with Crippen molar-refractivity contribution in [2.45, 2.75) is 31.6 Å². The van der Waals surface area contributed by atoms with E-state index in [0.717, 1.165) is 18.8 Å². The summed E-state index contributed by atoms with van der Waals surface area (Å²) in [5.41, 5.74) is 1.33. The Labute approximate surface area is 124 Å². The van der Waals surface area contributed by atoms with E-state index in [1.807, 2.05) is 10.8 Å². The summed E-state index contributed by atoms with van der Waals surface area (Å²) in [6.45, 7) is 3.80. The maximum absolute atomic E-state index is 9.98. The molecule has 1 saturated heterocycles. The minimum absolute atomic E-state index is 0.510. The molecule has 21 heavy (non-hydrogen) atoms. The van der Waals surface area contributed by atoms with Gasteiger partial charge in [-0.1, -0.05) is 12.1 Å². The molecule has 1 aliphatic rings. The highest BCUT2D eigenvalue weighted by molar-refractivity contribution is 5.34. The third kappa shape index (κ3) is 3.15. The lowest BCUT2D eigenvalue weighted by molar-refractivity contribution is -0.108. The molecule has 2 heterocycles. The van der Waals surface area contributed by atoms with Crippen molar-refractivity contribution in [1.82, 2.24) is 14.5 Å². The Morgan fingerprint density at radius 2 is 2.10 bits per heavy atom. The Morgan fingerprint density at radius 3 is 2.71 bits per heavy atom. The fourth-order valence-corrected chi connectivity index (χ4v) is 2.67. The van der Waals surface area contributed by atoms with E-state index < -0.39 is 11.7 Å². The number of rotatable bonds is 3. The predicted octanol–water partition coefficient (Wildman–Crippen LogP) is 1.19. The van der Waals surface area contributed by atoms with Gasteiger partial charge in [-0.2, -0.15) is 0 Å². The van der Waals surface area contributed by atoms with Gasteiger partial charge in [0.25, 0.3) is 0 Å². The van der Waals surface area contributed by atoms with Crippen LogP contribution in [-0.2, 0) is 6.54 Å². The summed E-state index contributed by atoms with van der Waals surface area (Å²) in [5, 5.41) is 19.9. The van der Waals surface area contributed by atoms with Gasteiger partial charge in [-0.15, -0.1) is 0 Å². The van der Waals surface area contributed by atoms with Crippen LogP contribution < -0.4 is 0 Å². The number of likely N-dealkylation sites (tertiary alicyclic amines) is 1. The predicted molar refractivity (Wildman–Crippen MR) is 80.1 cm³/mol. The zero-order chi connectivity index (χ0) is 14.9. The number of aliphatic hydroxyl groups is 2. The van der Waals surface area contributed by atoms with E-state index in [1.165, 1.54) is 5.56 Å². The molecule has 112 valence electrons. The number of hydrogen-bond acceptors (Lipinski definition) is 4. The average Bonchev–Trinajstić information content (AvgIpc) is 2.98. The Hall–Kier alpha value is -1.69. The monoisotopic (exact) mass is 287 g/mol. The number of piperidine rings is 1. The van der Waals surface area contributed by atoms with Gasteiger partial charge in [-0.25, -0.2) is 4.98 Å². The second-order valence-electron chi connectivity index (χ2n) is 5.99. The zero-order valence-corrected chi connectivity index (χ0v) is 12.2. The summed E-state index contributed by atoms with van der Waals surface area (Å²) in [7, 11) is 0. The lowest BCUT2D eigenvalue weighted by Gasteiger charge is -2.39. The third-order valence-corrected chi connectivity index (χ3v) is 4.23. The average molecular weight is 287 g/mol. The Balaban J connectivity index is 1.64. The molecule has 2 aromatic rings. The van der Waals surface area contributed by atoms with Gasteiger partial charge in [0.15, 0.2) is 0 Å². The van der Waals surface area contributed by atoms with Gasteiger partial charge in [0, 0.05) is 37.7 Å². The van der Waals surface area contributed by atoms with Crippen molar-refractivity contribution < 1.29 is 10.2 Å². The smallest absolute Gasteiger partial charge is 0.0991 e. The minimum Gasteiger partial charge on any atom is -0.389 e. The van der Waals surface area contributed by atoms with Crippen LogP contribution in [0.1, 0.15) is 18.9 Å². The van der Waals surface area contributed by atoms with E-state index in [9.17, 15) is 10.2 Å². The van der Waals surface area contributed by atoms with Crippen LogP contribution >= 0.6 is 0 Å². The maximum atomic E-state index is 9.98. The number of hydrogen-bond donors (Lipinski definition) is 2. The summed E-state index contributed by atoms with van der Waals surface area (Å²) in [5.74, 6) is 0. The molecule has 2 atom stereocenters. The van der Waals surface area contributed by atoms with Gasteiger partial charge >= 0.3 is 0 Å². The molecule has 0 amide bonds. The first kappa shape index (κ1) is 14.3. The largest absolute Gasteiger partial charge is 0.389 e. The molecule has 0 aliphatic carbocycles. The lowest BCUT2D eigenvalue weighted by atomic mass is 9.90. The summed E-state index contributed by atoms with van der Waals surface area (Å²) >= 11 is 0. The van der Waals surface area contributed by atoms with Crippen molar-refractivity contribution in [3.63, 3.8) is 0 Å². The molecule has 1 aromatic carbocycles. The summed E-state index contributed by atoms with van der Waals surface area (Å²) in [6.07, 6.45) is 5.36. The van der Waals surface area contributed by atoms with Gasteiger partial charge in [0.05, 0.1) is 18.0 Å². The first-order chi connectivity index (χ1) is 10.0. The Kier molecular flexibility index (Phi) is 3.80. The van der Waals surface area contributed by atoms with Crippen molar-refractivity contribution in [3.8, 4) is 5.69 Å². The van der Waals surface area contributed by atoms with Crippen LogP contribution in [0.5, 0.6) is 0 Å². The van der Waals surface area contributed by atoms with E-state index in [1.54, 1.807) is 19.4 Å². The van der Waals surface area contributed by atoms with Crippen molar-refractivity contribution >= 4 is 0 Å². The van der Waals surface area contributed by atoms with Gasteiger partial charge in [0.2, 0.25) is 0 Å². The molecular formula is C16H21N3O2. The fraction of sp³-hybridized carbons (Fsp3) is 0.438. The Bertz CT molecular complexity index is 578. The quantitative estimate of drug-likeness (QED) is 0.890. The second kappa shape index (κ2) is 5.60. The summed E-state index contributed by atoms with van der Waals surface area (Å²) in [6, 6.07) is 8.31. The van der Waals surface area contributed by atoms with E-state index in [4.69, 9.17) is 0 Å². The van der Waals surface area contributed by atoms with Crippen molar-refractivity contribution in [1.29, 1.82) is 0 Å². The SMILES string of the molecule is C[C@]1(O)CCN(Cc2ccc(-n3ccnc3)cc2)C[C@@H]1O. The van der Waals surface area contributed by atoms with E-state index in [2.05, 4.69) is 34.1 Å². The summed E-state index contributed by atoms with van der Waals surface area (Å²) < 4.78 is 1.96. The topological polar surface area (TPSA) is 61.5 Å². The number of aliphatic hydroxyl groups excluding tert-OH is 1. The van der Waals surface area contributed by atoms with Crippen LogP contribution in [0, 0.1) is 0 Å². The maximum Gasteiger partial charge on any atom is 0.0991 e. The van der Waals surface area contributed by atoms with Crippen LogP contribution in [-0.4, -0.2) is 49.5 Å². The molecule has 5 nitrogen and oxygen atoms in total. The van der Waals surface area contributed by atoms with Crippen LogP contribution in [0.2, 0.25) is 0 Å². The highest BCUT2D eigenvalue weighted by Crippen LogP contribution is 2.23. The molecule has 0 radical (unpaired) electrons. The molecular weight excluding hydrogens is 266 g/mol. The molecule has 1 aliphatic heterocycles. The number of imidazole rings is 1. The lowest BCUT2D eigenvalue weighted by Crippen LogP contribution is -2.53. The number of nitrogens with zero attached hydrogens (tertiary/aromatic N) is 3. The van der Waals surface area contributed by atoms with Crippen LogP contribution in [0.4, 0.5) is 0 Å².